The van der Waals surface area contributed by atoms with Crippen LogP contribution in [-0.2, 0) is 16.0 Å². The molecule has 0 atom stereocenters. The molecule has 1 amide bonds. The average Bonchev–Trinajstić information content (AvgIpc) is 2.88. The maximum atomic E-state index is 13.1. The van der Waals surface area contributed by atoms with Crippen molar-refractivity contribution >= 4 is 39.9 Å². The normalized spacial score (nSPS) is 10.2. The average molecular weight is 330 g/mol. The summed E-state index contributed by atoms with van der Waals surface area (Å²) in [6.45, 7) is 0. The van der Waals surface area contributed by atoms with Crippen molar-refractivity contribution < 1.29 is 18.7 Å². The van der Waals surface area contributed by atoms with Crippen molar-refractivity contribution in [1.82, 2.24) is 9.97 Å². The monoisotopic (exact) mass is 329 g/mol. The topological polar surface area (TPSA) is 81.2 Å². The first-order chi connectivity index (χ1) is 9.99. The smallest absolute Gasteiger partial charge is 0.311 e. The second-order valence-corrected chi connectivity index (χ2v) is 5.06. The maximum Gasteiger partial charge on any atom is 0.311 e. The standard InChI is InChI=1S/C12H9ClFN3O3S/c1-20-9(18)3-7-5-21-12(16-7)17-11(19)8-2-6(14)4-15-10(8)13/h2,4-5H,3H2,1H3,(H,16,17,19). The van der Waals surface area contributed by atoms with E-state index in [-0.39, 0.29) is 22.3 Å². The molecule has 1 N–H and O–H groups in total. The number of nitrogens with one attached hydrogen (secondary N) is 1. The Labute approximate surface area is 127 Å². The van der Waals surface area contributed by atoms with E-state index in [1.54, 1.807) is 5.38 Å². The molecule has 0 saturated heterocycles. The Morgan fingerprint density at radius 1 is 1.52 bits per heavy atom. The minimum Gasteiger partial charge on any atom is -0.469 e. The van der Waals surface area contributed by atoms with Gasteiger partial charge in [-0.3, -0.25) is 14.9 Å². The van der Waals surface area contributed by atoms with Crippen LogP contribution in [0.3, 0.4) is 0 Å². The number of carbonyl (C=O) groups is 2. The molecule has 21 heavy (non-hydrogen) atoms. The first-order valence-corrected chi connectivity index (χ1v) is 6.89. The van der Waals surface area contributed by atoms with Crippen molar-refractivity contribution in [3.63, 3.8) is 0 Å². The van der Waals surface area contributed by atoms with Crippen molar-refractivity contribution in [3.05, 3.63) is 39.9 Å². The molecule has 0 unspecified atom stereocenters. The lowest BCUT2D eigenvalue weighted by atomic mass is 10.2. The number of amides is 1. The number of aromatic nitrogens is 2. The second-order valence-electron chi connectivity index (χ2n) is 3.84. The van der Waals surface area contributed by atoms with Crippen LogP contribution < -0.4 is 5.32 Å². The summed E-state index contributed by atoms with van der Waals surface area (Å²) in [7, 11) is 1.27. The van der Waals surface area contributed by atoms with Gasteiger partial charge in [0, 0.05) is 5.38 Å². The van der Waals surface area contributed by atoms with Gasteiger partial charge in [-0.05, 0) is 6.07 Å². The van der Waals surface area contributed by atoms with Gasteiger partial charge >= 0.3 is 5.97 Å². The van der Waals surface area contributed by atoms with Gasteiger partial charge in [-0.2, -0.15) is 0 Å². The largest absolute Gasteiger partial charge is 0.469 e. The molecule has 0 aromatic carbocycles. The summed E-state index contributed by atoms with van der Waals surface area (Å²) in [5.74, 6) is -1.74. The van der Waals surface area contributed by atoms with E-state index < -0.39 is 17.7 Å². The molecule has 2 rings (SSSR count). The zero-order valence-corrected chi connectivity index (χ0v) is 12.3. The van der Waals surface area contributed by atoms with Crippen molar-refractivity contribution in [2.24, 2.45) is 0 Å². The maximum absolute atomic E-state index is 13.1. The third kappa shape index (κ3) is 3.96. The van der Waals surface area contributed by atoms with E-state index in [2.05, 4.69) is 20.0 Å². The molecular formula is C12H9ClFN3O3S. The number of methoxy groups -OCH3 is 1. The number of nitrogens with zero attached hydrogens (tertiary/aromatic N) is 2. The van der Waals surface area contributed by atoms with Crippen LogP contribution in [-0.4, -0.2) is 29.0 Å². The number of carbonyl (C=O) groups excluding carboxylic acids is 2. The zero-order valence-electron chi connectivity index (χ0n) is 10.7. The molecule has 2 aromatic heterocycles. The van der Waals surface area contributed by atoms with Gasteiger partial charge < -0.3 is 4.74 Å². The molecular weight excluding hydrogens is 321 g/mol. The van der Waals surface area contributed by atoms with Crippen LogP contribution in [0.25, 0.3) is 0 Å². The quantitative estimate of drug-likeness (QED) is 0.687. The number of hydrogen-bond donors (Lipinski definition) is 1. The first kappa shape index (κ1) is 15.3. The molecule has 0 spiro atoms. The Kier molecular flexibility index (Phi) is 4.81. The van der Waals surface area contributed by atoms with Crippen LogP contribution in [0.4, 0.5) is 9.52 Å². The number of thiazole rings is 1. The Morgan fingerprint density at radius 2 is 2.29 bits per heavy atom. The second kappa shape index (κ2) is 6.59. The lowest BCUT2D eigenvalue weighted by Crippen LogP contribution is -2.13. The predicted molar refractivity (Wildman–Crippen MR) is 75.0 cm³/mol. The van der Waals surface area contributed by atoms with Crippen LogP contribution >= 0.6 is 22.9 Å². The fraction of sp³-hybridized carbons (Fsp3) is 0.167. The third-order valence-corrected chi connectivity index (χ3v) is 3.48. The van der Waals surface area contributed by atoms with Crippen LogP contribution in [0.15, 0.2) is 17.6 Å². The lowest BCUT2D eigenvalue weighted by molar-refractivity contribution is -0.139. The van der Waals surface area contributed by atoms with Crippen molar-refractivity contribution in [1.29, 1.82) is 0 Å². The van der Waals surface area contributed by atoms with Crippen molar-refractivity contribution in [2.75, 3.05) is 12.4 Å². The van der Waals surface area contributed by atoms with Gasteiger partial charge in [-0.25, -0.2) is 14.4 Å². The molecule has 2 heterocycles. The summed E-state index contributed by atoms with van der Waals surface area (Å²) in [4.78, 5) is 30.6. The summed E-state index contributed by atoms with van der Waals surface area (Å²) in [5, 5.41) is 4.22. The van der Waals surface area contributed by atoms with Crippen LogP contribution in [0.1, 0.15) is 16.1 Å². The van der Waals surface area contributed by atoms with E-state index >= 15 is 0 Å². The van der Waals surface area contributed by atoms with Gasteiger partial charge in [-0.1, -0.05) is 11.6 Å². The van der Waals surface area contributed by atoms with Gasteiger partial charge in [0.15, 0.2) is 5.13 Å². The van der Waals surface area contributed by atoms with E-state index in [0.717, 1.165) is 23.6 Å². The van der Waals surface area contributed by atoms with Crippen LogP contribution in [0.2, 0.25) is 5.15 Å². The number of esters is 1. The van der Waals surface area contributed by atoms with Gasteiger partial charge in [0.25, 0.3) is 5.91 Å². The number of halogens is 2. The van der Waals surface area contributed by atoms with Crippen LogP contribution in [0, 0.1) is 5.82 Å². The highest BCUT2D eigenvalue weighted by Gasteiger charge is 2.15. The number of ether oxygens (including phenoxy) is 1. The van der Waals surface area contributed by atoms with Gasteiger partial charge in [0.05, 0.1) is 31.0 Å². The summed E-state index contributed by atoms with van der Waals surface area (Å²) >= 11 is 6.86. The van der Waals surface area contributed by atoms with E-state index in [9.17, 15) is 14.0 Å². The van der Waals surface area contributed by atoms with E-state index in [0.29, 0.717) is 5.69 Å². The molecule has 0 aliphatic heterocycles. The van der Waals surface area contributed by atoms with Gasteiger partial charge in [-0.15, -0.1) is 11.3 Å². The molecule has 0 aliphatic carbocycles. The fourth-order valence-electron chi connectivity index (χ4n) is 1.41. The Hall–Kier alpha value is -2.06. The highest BCUT2D eigenvalue weighted by atomic mass is 35.5. The number of hydrogen-bond acceptors (Lipinski definition) is 6. The number of anilines is 1. The molecule has 6 nitrogen and oxygen atoms in total. The van der Waals surface area contributed by atoms with Gasteiger partial charge in [0.1, 0.15) is 11.0 Å². The lowest BCUT2D eigenvalue weighted by Gasteiger charge is -2.03. The minimum atomic E-state index is -0.671. The fourth-order valence-corrected chi connectivity index (χ4v) is 2.31. The highest BCUT2D eigenvalue weighted by molar-refractivity contribution is 7.14. The number of pyridine rings is 1. The molecule has 0 saturated carbocycles. The summed E-state index contributed by atoms with van der Waals surface area (Å²) in [6, 6.07) is 0.980. The molecule has 2 aromatic rings. The molecule has 0 fully saturated rings. The Morgan fingerprint density at radius 3 is 3.00 bits per heavy atom. The van der Waals surface area contributed by atoms with E-state index in [1.807, 2.05) is 0 Å². The van der Waals surface area contributed by atoms with E-state index in [4.69, 9.17) is 11.6 Å². The molecule has 0 aliphatic rings. The van der Waals surface area contributed by atoms with E-state index in [1.165, 1.54) is 7.11 Å². The summed E-state index contributed by atoms with van der Waals surface area (Å²) in [6.07, 6.45) is 0.919. The summed E-state index contributed by atoms with van der Waals surface area (Å²) < 4.78 is 17.6. The third-order valence-electron chi connectivity index (χ3n) is 2.38. The Bertz CT molecular complexity index is 692. The minimum absolute atomic E-state index is 0.00511. The van der Waals surface area contributed by atoms with Crippen molar-refractivity contribution in [2.45, 2.75) is 6.42 Å². The molecule has 110 valence electrons. The SMILES string of the molecule is COC(=O)Cc1csc(NC(=O)c2cc(F)cnc2Cl)n1. The molecule has 0 radical (unpaired) electrons. The zero-order chi connectivity index (χ0) is 15.4. The van der Waals surface area contributed by atoms with Gasteiger partial charge in [0.2, 0.25) is 0 Å². The molecule has 9 heteroatoms. The first-order valence-electron chi connectivity index (χ1n) is 5.63. The molecule has 0 bridgehead atoms. The van der Waals surface area contributed by atoms with Crippen LogP contribution in [0.5, 0.6) is 0 Å². The highest BCUT2D eigenvalue weighted by Crippen LogP contribution is 2.19. The number of rotatable bonds is 4. The Balaban J connectivity index is 2.09. The summed E-state index contributed by atoms with van der Waals surface area (Å²) in [5.41, 5.74) is 0.368. The predicted octanol–water partition coefficient (Wildman–Crippen LogP) is 2.30. The van der Waals surface area contributed by atoms with Crippen molar-refractivity contribution in [3.8, 4) is 0 Å².